The Morgan fingerprint density at radius 2 is 1.48 bits per heavy atom. The number of benzene rings is 1. The summed E-state index contributed by atoms with van der Waals surface area (Å²) in [6.45, 7) is 16.1. The van der Waals surface area contributed by atoms with Crippen LogP contribution in [0.4, 0.5) is 0 Å². The van der Waals surface area contributed by atoms with Crippen LogP contribution in [0.25, 0.3) is 0 Å². The van der Waals surface area contributed by atoms with Gasteiger partial charge in [0.1, 0.15) is 5.60 Å². The van der Waals surface area contributed by atoms with Gasteiger partial charge in [0, 0.05) is 0 Å². The van der Waals surface area contributed by atoms with Crippen LogP contribution in [0.1, 0.15) is 102 Å². The summed E-state index contributed by atoms with van der Waals surface area (Å²) in [6, 6.07) is 4.60. The third-order valence-electron chi connectivity index (χ3n) is 5.64. The number of ether oxygens (including phenoxy) is 1. The summed E-state index contributed by atoms with van der Waals surface area (Å²) in [4.78, 5) is 10.5. The zero-order valence-electron chi connectivity index (χ0n) is 18.9. The first-order valence-corrected chi connectivity index (χ1v) is 10.8. The molecular formula is C25H42O2. The molecule has 0 bridgehead atoms. The highest BCUT2D eigenvalue weighted by Gasteiger charge is 2.18. The van der Waals surface area contributed by atoms with Gasteiger partial charge in [0.15, 0.2) is 0 Å². The third kappa shape index (κ3) is 9.44. The third-order valence-corrected chi connectivity index (χ3v) is 5.64. The lowest BCUT2D eigenvalue weighted by molar-refractivity contribution is -0.140. The molecule has 0 aliphatic carbocycles. The Morgan fingerprint density at radius 3 is 2.11 bits per heavy atom. The molecular weight excluding hydrogens is 332 g/mol. The summed E-state index contributed by atoms with van der Waals surface area (Å²) in [7, 11) is 0. The molecule has 0 saturated heterocycles. The van der Waals surface area contributed by atoms with Crippen LogP contribution in [0, 0.1) is 19.3 Å². The number of rotatable bonds is 12. The summed E-state index contributed by atoms with van der Waals surface area (Å²) >= 11 is 0. The molecule has 27 heavy (non-hydrogen) atoms. The van der Waals surface area contributed by atoms with Crippen LogP contribution in [-0.2, 0) is 22.4 Å². The Hall–Kier alpha value is -1.31. The van der Waals surface area contributed by atoms with Crippen LogP contribution in [0.2, 0.25) is 0 Å². The second-order valence-corrected chi connectivity index (χ2v) is 9.95. The summed E-state index contributed by atoms with van der Waals surface area (Å²) in [5.74, 6) is 0. The molecule has 2 nitrogen and oxygen atoms in total. The van der Waals surface area contributed by atoms with Crippen LogP contribution >= 0.6 is 0 Å². The van der Waals surface area contributed by atoms with E-state index in [1.54, 1.807) is 5.56 Å². The fourth-order valence-corrected chi connectivity index (χ4v) is 3.79. The largest absolute Gasteiger partial charge is 0.462 e. The minimum Gasteiger partial charge on any atom is -0.462 e. The predicted octanol–water partition coefficient (Wildman–Crippen LogP) is 7.12. The van der Waals surface area contributed by atoms with Gasteiger partial charge in [0.25, 0.3) is 6.47 Å². The maximum Gasteiger partial charge on any atom is 0.293 e. The number of hydrogen-bond acceptors (Lipinski definition) is 2. The smallest absolute Gasteiger partial charge is 0.293 e. The van der Waals surface area contributed by atoms with Gasteiger partial charge in [-0.3, -0.25) is 4.79 Å². The Labute approximate surface area is 168 Å². The molecule has 0 aliphatic rings. The Morgan fingerprint density at radius 1 is 0.852 bits per heavy atom. The van der Waals surface area contributed by atoms with Gasteiger partial charge in [-0.15, -0.1) is 0 Å². The average molecular weight is 375 g/mol. The first-order chi connectivity index (χ1) is 12.6. The van der Waals surface area contributed by atoms with Crippen molar-refractivity contribution in [3.8, 4) is 0 Å². The normalized spacial score (nSPS) is 12.3. The summed E-state index contributed by atoms with van der Waals surface area (Å²) in [6.07, 6.45) is 10.7. The van der Waals surface area contributed by atoms with E-state index in [2.05, 4.69) is 46.8 Å². The second kappa shape index (κ2) is 10.9. The zero-order chi connectivity index (χ0) is 20.5. The van der Waals surface area contributed by atoms with E-state index in [0.717, 1.165) is 25.7 Å². The second-order valence-electron chi connectivity index (χ2n) is 9.95. The first kappa shape index (κ1) is 23.7. The molecule has 0 spiro atoms. The van der Waals surface area contributed by atoms with E-state index in [0.29, 0.717) is 11.9 Å². The summed E-state index contributed by atoms with van der Waals surface area (Å²) in [5, 5.41) is 0. The molecule has 0 heterocycles. The highest BCUT2D eigenvalue weighted by Crippen LogP contribution is 2.25. The van der Waals surface area contributed by atoms with Gasteiger partial charge >= 0.3 is 0 Å². The Bertz CT molecular complexity index is 579. The van der Waals surface area contributed by atoms with Gasteiger partial charge in [-0.25, -0.2) is 0 Å². The van der Waals surface area contributed by atoms with Crippen molar-refractivity contribution in [3.05, 3.63) is 34.4 Å². The number of carbonyl (C=O) groups excluding carboxylic acids is 1. The molecule has 154 valence electrons. The standard InChI is InChI=1S/C25H42O2/c1-20-15-16-22(13-10-12-18-25(6,7)27-19-26)21(2)23(20)14-9-8-11-17-24(3,4)5/h15-16,19H,8-14,17-18H2,1-7H3. The Kier molecular flexibility index (Phi) is 9.56. The lowest BCUT2D eigenvalue weighted by Crippen LogP contribution is -2.23. The molecule has 1 aromatic carbocycles. The minimum absolute atomic E-state index is 0.345. The summed E-state index contributed by atoms with van der Waals surface area (Å²) < 4.78 is 5.14. The van der Waals surface area contributed by atoms with Crippen molar-refractivity contribution < 1.29 is 9.53 Å². The van der Waals surface area contributed by atoms with Gasteiger partial charge < -0.3 is 4.74 Å². The van der Waals surface area contributed by atoms with Gasteiger partial charge in [-0.2, -0.15) is 0 Å². The van der Waals surface area contributed by atoms with Crippen LogP contribution in [0.15, 0.2) is 12.1 Å². The quantitative estimate of drug-likeness (QED) is 0.288. The minimum atomic E-state index is -0.345. The molecule has 0 unspecified atom stereocenters. The zero-order valence-corrected chi connectivity index (χ0v) is 18.9. The molecule has 2 heteroatoms. The topological polar surface area (TPSA) is 26.3 Å². The van der Waals surface area contributed by atoms with E-state index in [-0.39, 0.29) is 5.60 Å². The molecule has 0 atom stereocenters. The average Bonchev–Trinajstić information content (AvgIpc) is 2.54. The lowest BCUT2D eigenvalue weighted by atomic mass is 9.88. The van der Waals surface area contributed by atoms with Crippen molar-refractivity contribution in [2.75, 3.05) is 0 Å². The molecule has 0 fully saturated rings. The van der Waals surface area contributed by atoms with E-state index in [4.69, 9.17) is 4.74 Å². The molecule has 0 N–H and O–H groups in total. The van der Waals surface area contributed by atoms with Crippen molar-refractivity contribution in [2.24, 2.45) is 5.41 Å². The van der Waals surface area contributed by atoms with E-state index in [9.17, 15) is 4.79 Å². The van der Waals surface area contributed by atoms with Gasteiger partial charge in [-0.1, -0.05) is 45.7 Å². The lowest BCUT2D eigenvalue weighted by Gasteiger charge is -2.22. The molecule has 1 aromatic rings. The number of aryl methyl sites for hydroxylation is 2. The van der Waals surface area contributed by atoms with E-state index in [1.165, 1.54) is 48.8 Å². The first-order valence-electron chi connectivity index (χ1n) is 10.8. The van der Waals surface area contributed by atoms with Crippen LogP contribution in [0.5, 0.6) is 0 Å². The molecule has 1 rings (SSSR count). The molecule has 0 aliphatic heterocycles. The summed E-state index contributed by atoms with van der Waals surface area (Å²) in [5.41, 5.74) is 6.09. The molecule has 0 radical (unpaired) electrons. The molecule has 0 saturated carbocycles. The fraction of sp³-hybridized carbons (Fsp3) is 0.720. The number of unbranched alkanes of at least 4 members (excludes halogenated alkanes) is 3. The van der Waals surface area contributed by atoms with Crippen molar-refractivity contribution in [1.82, 2.24) is 0 Å². The van der Waals surface area contributed by atoms with Crippen molar-refractivity contribution in [3.63, 3.8) is 0 Å². The monoisotopic (exact) mass is 374 g/mol. The van der Waals surface area contributed by atoms with Crippen LogP contribution in [-0.4, -0.2) is 12.1 Å². The molecule has 0 aromatic heterocycles. The van der Waals surface area contributed by atoms with Crippen molar-refractivity contribution >= 4 is 6.47 Å². The maximum atomic E-state index is 10.5. The number of carbonyl (C=O) groups is 1. The van der Waals surface area contributed by atoms with E-state index >= 15 is 0 Å². The van der Waals surface area contributed by atoms with Gasteiger partial charge in [0.2, 0.25) is 0 Å². The van der Waals surface area contributed by atoms with Crippen LogP contribution in [0.3, 0.4) is 0 Å². The molecule has 0 amide bonds. The Balaban J connectivity index is 2.51. The van der Waals surface area contributed by atoms with Crippen molar-refractivity contribution in [1.29, 1.82) is 0 Å². The number of hydrogen-bond donors (Lipinski definition) is 0. The maximum absolute atomic E-state index is 10.5. The van der Waals surface area contributed by atoms with Crippen LogP contribution < -0.4 is 0 Å². The highest BCUT2D eigenvalue weighted by atomic mass is 16.5. The predicted molar refractivity (Wildman–Crippen MR) is 116 cm³/mol. The van der Waals surface area contributed by atoms with Crippen molar-refractivity contribution in [2.45, 2.75) is 112 Å². The van der Waals surface area contributed by atoms with E-state index < -0.39 is 0 Å². The van der Waals surface area contributed by atoms with Gasteiger partial charge in [0.05, 0.1) is 0 Å². The SMILES string of the molecule is Cc1ccc(CCCCC(C)(C)OC=O)c(C)c1CCCCCC(C)(C)C. The fourth-order valence-electron chi connectivity index (χ4n) is 3.79. The highest BCUT2D eigenvalue weighted by molar-refractivity contribution is 5.40. The van der Waals surface area contributed by atoms with Gasteiger partial charge in [-0.05, 0) is 100 Å². The van der Waals surface area contributed by atoms with E-state index in [1.807, 2.05) is 13.8 Å².